The van der Waals surface area contributed by atoms with Gasteiger partial charge >= 0.3 is 0 Å². The van der Waals surface area contributed by atoms with Gasteiger partial charge in [0, 0.05) is 35.5 Å². The minimum atomic E-state index is -1.31. The van der Waals surface area contributed by atoms with Crippen LogP contribution in [0.3, 0.4) is 0 Å². The number of nitro benzene ring substituents is 2. The molecule has 0 radical (unpaired) electrons. The molecule has 1 saturated carbocycles. The number of aliphatic hydroxyl groups is 1. The van der Waals surface area contributed by atoms with E-state index in [2.05, 4.69) is 5.32 Å². The van der Waals surface area contributed by atoms with Gasteiger partial charge in [-0.1, -0.05) is 12.8 Å². The van der Waals surface area contributed by atoms with E-state index in [9.17, 15) is 29.7 Å². The second kappa shape index (κ2) is 7.28. The Kier molecular flexibility index (Phi) is 5.04. The number of hydrogen-bond donors (Lipinski definition) is 2. The first-order valence-corrected chi connectivity index (χ1v) is 8.47. The summed E-state index contributed by atoms with van der Waals surface area (Å²) in [5.41, 5.74) is -0.861. The van der Waals surface area contributed by atoms with Crippen molar-refractivity contribution in [2.45, 2.75) is 37.3 Å². The molecule has 0 heterocycles. The molecule has 1 unspecified atom stereocenters. The summed E-state index contributed by atoms with van der Waals surface area (Å²) in [6, 6.07) is 8.81. The molecule has 0 aromatic heterocycles. The fraction of sp³-hybridized carbons (Fsp3) is 0.333. The molecule has 2 aromatic rings. The predicted molar refractivity (Wildman–Crippen MR) is 95.9 cm³/mol. The van der Waals surface area contributed by atoms with Gasteiger partial charge in [0.25, 0.3) is 11.4 Å². The highest BCUT2D eigenvalue weighted by molar-refractivity contribution is 5.51. The number of nitrogens with zero attached hydrogens (tertiary/aromatic N) is 2. The monoisotopic (exact) mass is 375 g/mol. The number of aliphatic hydroxyl groups excluding tert-OH is 1. The van der Waals surface area contributed by atoms with E-state index in [4.69, 9.17) is 0 Å². The summed E-state index contributed by atoms with van der Waals surface area (Å²) in [6.07, 6.45) is 1.36. The first-order chi connectivity index (χ1) is 12.8. The first-order valence-electron chi connectivity index (χ1n) is 8.47. The highest BCUT2D eigenvalue weighted by atomic mass is 19.1. The van der Waals surface area contributed by atoms with Crippen LogP contribution in [0.2, 0.25) is 0 Å². The van der Waals surface area contributed by atoms with Crippen LogP contribution in [0, 0.1) is 26.0 Å². The van der Waals surface area contributed by atoms with E-state index in [-0.39, 0.29) is 16.9 Å². The van der Waals surface area contributed by atoms with Crippen LogP contribution in [-0.2, 0) is 0 Å². The van der Waals surface area contributed by atoms with Gasteiger partial charge in [-0.25, -0.2) is 4.39 Å². The van der Waals surface area contributed by atoms with Crippen molar-refractivity contribution in [2.24, 2.45) is 0 Å². The normalized spacial score (nSPS) is 16.7. The number of nitro groups is 2. The zero-order chi connectivity index (χ0) is 19.6. The predicted octanol–water partition coefficient (Wildman–Crippen LogP) is 4.10. The third kappa shape index (κ3) is 3.72. The van der Waals surface area contributed by atoms with Crippen molar-refractivity contribution in [1.29, 1.82) is 0 Å². The van der Waals surface area contributed by atoms with E-state index in [1.165, 1.54) is 24.3 Å². The van der Waals surface area contributed by atoms with Crippen LogP contribution in [0.1, 0.15) is 37.4 Å². The molecule has 2 N–H and O–H groups in total. The number of hydrogen-bond acceptors (Lipinski definition) is 6. The van der Waals surface area contributed by atoms with Gasteiger partial charge in [0.2, 0.25) is 0 Å². The van der Waals surface area contributed by atoms with E-state index >= 15 is 0 Å². The number of halogens is 1. The van der Waals surface area contributed by atoms with Crippen molar-refractivity contribution < 1.29 is 19.3 Å². The van der Waals surface area contributed by atoms with Gasteiger partial charge in [0.05, 0.1) is 15.4 Å². The largest absolute Gasteiger partial charge is 0.386 e. The Labute approximate surface area is 153 Å². The zero-order valence-corrected chi connectivity index (χ0v) is 14.3. The minimum Gasteiger partial charge on any atom is -0.386 e. The van der Waals surface area contributed by atoms with Gasteiger partial charge in [-0.2, -0.15) is 0 Å². The van der Waals surface area contributed by atoms with Crippen molar-refractivity contribution >= 4 is 17.1 Å². The van der Waals surface area contributed by atoms with Crippen LogP contribution < -0.4 is 5.32 Å². The van der Waals surface area contributed by atoms with Crippen LogP contribution >= 0.6 is 0 Å². The first kappa shape index (κ1) is 18.7. The molecular weight excluding hydrogens is 357 g/mol. The van der Waals surface area contributed by atoms with E-state index in [1.807, 2.05) is 0 Å². The maximum Gasteiger partial charge on any atom is 0.270 e. The van der Waals surface area contributed by atoms with Crippen LogP contribution in [0.5, 0.6) is 0 Å². The number of benzene rings is 2. The lowest BCUT2D eigenvalue weighted by molar-refractivity contribution is -0.385. The molecule has 1 aliphatic carbocycles. The summed E-state index contributed by atoms with van der Waals surface area (Å²) in [6.45, 7) is 0. The standard InChI is InChI=1S/C18H18FN3O5/c19-16-8-7-14(22(26)27)11-15(16)17(23)18(9-1-2-10-18)20-12-3-5-13(6-4-12)21(24)25/h3-8,11,17,20,23H,1-2,9-10H2. The summed E-state index contributed by atoms with van der Waals surface area (Å²) >= 11 is 0. The van der Waals surface area contributed by atoms with E-state index in [0.29, 0.717) is 18.5 Å². The number of anilines is 1. The average Bonchev–Trinajstić information content (AvgIpc) is 3.11. The third-order valence-corrected chi connectivity index (χ3v) is 4.98. The molecule has 1 fully saturated rings. The lowest BCUT2D eigenvalue weighted by Gasteiger charge is -2.36. The maximum absolute atomic E-state index is 14.3. The van der Waals surface area contributed by atoms with Gasteiger partial charge < -0.3 is 10.4 Å². The second-order valence-corrected chi connectivity index (χ2v) is 6.66. The SMILES string of the molecule is O=[N+]([O-])c1ccc(NC2(C(O)c3cc([N+](=O)[O-])ccc3F)CCCC2)cc1. The third-order valence-electron chi connectivity index (χ3n) is 4.98. The molecule has 8 nitrogen and oxygen atoms in total. The fourth-order valence-corrected chi connectivity index (χ4v) is 3.58. The Hall–Kier alpha value is -3.07. The van der Waals surface area contributed by atoms with Crippen molar-refractivity contribution in [1.82, 2.24) is 0 Å². The van der Waals surface area contributed by atoms with E-state index in [1.54, 1.807) is 0 Å². The Morgan fingerprint density at radius 3 is 2.11 bits per heavy atom. The Morgan fingerprint density at radius 2 is 1.56 bits per heavy atom. The topological polar surface area (TPSA) is 119 Å². The second-order valence-electron chi connectivity index (χ2n) is 6.66. The maximum atomic E-state index is 14.3. The van der Waals surface area contributed by atoms with Crippen molar-refractivity contribution in [3.05, 3.63) is 74.1 Å². The summed E-state index contributed by atoms with van der Waals surface area (Å²) in [7, 11) is 0. The molecule has 1 aliphatic rings. The van der Waals surface area contributed by atoms with Gasteiger partial charge in [-0.3, -0.25) is 20.2 Å². The molecule has 0 spiro atoms. The highest BCUT2D eigenvalue weighted by Gasteiger charge is 2.42. The molecular formula is C18H18FN3O5. The van der Waals surface area contributed by atoms with Crippen molar-refractivity contribution in [3.8, 4) is 0 Å². The van der Waals surface area contributed by atoms with Gasteiger partial charge in [-0.15, -0.1) is 0 Å². The molecule has 0 aliphatic heterocycles. The molecule has 3 rings (SSSR count). The average molecular weight is 375 g/mol. The molecule has 9 heteroatoms. The lowest BCUT2D eigenvalue weighted by Crippen LogP contribution is -2.42. The lowest BCUT2D eigenvalue weighted by atomic mass is 9.85. The fourth-order valence-electron chi connectivity index (χ4n) is 3.58. The quantitative estimate of drug-likeness (QED) is 0.579. The molecule has 0 amide bonds. The van der Waals surface area contributed by atoms with Crippen molar-refractivity contribution in [3.63, 3.8) is 0 Å². The Bertz CT molecular complexity index is 866. The Balaban J connectivity index is 1.93. The molecule has 27 heavy (non-hydrogen) atoms. The number of rotatable bonds is 6. The molecule has 2 aromatic carbocycles. The van der Waals surface area contributed by atoms with Gasteiger partial charge in [0.15, 0.2) is 0 Å². The van der Waals surface area contributed by atoms with Crippen LogP contribution in [0.4, 0.5) is 21.5 Å². The molecule has 0 bridgehead atoms. The van der Waals surface area contributed by atoms with Crippen LogP contribution in [-0.4, -0.2) is 20.5 Å². The molecule has 142 valence electrons. The summed E-state index contributed by atoms with van der Waals surface area (Å²) in [5.74, 6) is -0.718. The molecule has 0 saturated heterocycles. The van der Waals surface area contributed by atoms with E-state index in [0.717, 1.165) is 31.0 Å². The Morgan fingerprint density at radius 1 is 1.00 bits per heavy atom. The molecule has 1 atom stereocenters. The van der Waals surface area contributed by atoms with Gasteiger partial charge in [0.1, 0.15) is 11.9 Å². The van der Waals surface area contributed by atoms with Crippen LogP contribution in [0.15, 0.2) is 42.5 Å². The van der Waals surface area contributed by atoms with Crippen molar-refractivity contribution in [2.75, 3.05) is 5.32 Å². The smallest absolute Gasteiger partial charge is 0.270 e. The van der Waals surface area contributed by atoms with E-state index < -0.39 is 27.3 Å². The summed E-state index contributed by atoms with van der Waals surface area (Å²) < 4.78 is 14.3. The highest BCUT2D eigenvalue weighted by Crippen LogP contribution is 2.43. The summed E-state index contributed by atoms with van der Waals surface area (Å²) in [5, 5.41) is 35.9. The number of nitrogens with one attached hydrogen (secondary N) is 1. The summed E-state index contributed by atoms with van der Waals surface area (Å²) in [4.78, 5) is 20.6. The zero-order valence-electron chi connectivity index (χ0n) is 14.3. The van der Waals surface area contributed by atoms with Gasteiger partial charge in [-0.05, 0) is 31.0 Å². The van der Waals surface area contributed by atoms with Crippen LogP contribution in [0.25, 0.3) is 0 Å². The minimum absolute atomic E-state index is 0.0636. The number of non-ortho nitro benzene ring substituents is 2.